The van der Waals surface area contributed by atoms with Gasteiger partial charge in [-0.2, -0.15) is 4.99 Å². The Morgan fingerprint density at radius 1 is 1.16 bits per heavy atom. The van der Waals surface area contributed by atoms with Crippen LogP contribution in [-0.2, 0) is 0 Å². The van der Waals surface area contributed by atoms with Gasteiger partial charge in [0.05, 0.1) is 19.7 Å². The van der Waals surface area contributed by atoms with Crippen molar-refractivity contribution in [3.63, 3.8) is 0 Å². The molecule has 0 spiro atoms. The first-order valence-electron chi connectivity index (χ1n) is 14.1. The SMILES string of the molecule is C=C(/N=C(\NC(C)=NC1CCCCCC1)N(N)CC1CCCN1CC)Oc1ccc(OC)c(C)c1.CC. The molecule has 1 heterocycles. The number of amidine groups is 1. The van der Waals surface area contributed by atoms with Crippen molar-refractivity contribution in [1.82, 2.24) is 15.2 Å². The van der Waals surface area contributed by atoms with Gasteiger partial charge in [-0.3, -0.25) is 14.9 Å². The van der Waals surface area contributed by atoms with Gasteiger partial charge in [0, 0.05) is 6.04 Å². The molecule has 0 amide bonds. The molecule has 1 aliphatic heterocycles. The van der Waals surface area contributed by atoms with Gasteiger partial charge in [-0.15, -0.1) is 0 Å². The maximum Gasteiger partial charge on any atom is 0.221 e. The van der Waals surface area contributed by atoms with Crippen LogP contribution < -0.4 is 20.6 Å². The summed E-state index contributed by atoms with van der Waals surface area (Å²) in [6.45, 7) is 17.0. The number of aliphatic imine (C=N–C) groups is 2. The van der Waals surface area contributed by atoms with Gasteiger partial charge in [0.2, 0.25) is 11.8 Å². The molecule has 2 aliphatic rings. The van der Waals surface area contributed by atoms with Crippen LogP contribution in [0.25, 0.3) is 0 Å². The molecule has 2 fully saturated rings. The number of guanidine groups is 1. The number of nitrogens with two attached hydrogens (primary N) is 1. The number of rotatable bonds is 8. The van der Waals surface area contributed by atoms with E-state index in [-0.39, 0.29) is 5.88 Å². The van der Waals surface area contributed by atoms with Gasteiger partial charge in [-0.1, -0.05) is 46.5 Å². The molecule has 1 atom stereocenters. The molecule has 1 aliphatic carbocycles. The predicted molar refractivity (Wildman–Crippen MR) is 155 cm³/mol. The highest BCUT2D eigenvalue weighted by Crippen LogP contribution is 2.24. The van der Waals surface area contributed by atoms with Crippen molar-refractivity contribution in [2.45, 2.75) is 98.1 Å². The van der Waals surface area contributed by atoms with E-state index < -0.39 is 0 Å². The minimum Gasteiger partial charge on any atom is -0.496 e. The third-order valence-corrected chi connectivity index (χ3v) is 6.91. The van der Waals surface area contributed by atoms with Gasteiger partial charge < -0.3 is 14.8 Å². The predicted octanol–water partition coefficient (Wildman–Crippen LogP) is 5.63. The number of nitrogens with zero attached hydrogens (tertiary/aromatic N) is 4. The zero-order valence-electron chi connectivity index (χ0n) is 24.1. The Hall–Kier alpha value is -2.58. The average molecular weight is 515 g/mol. The molecule has 1 aromatic carbocycles. The molecule has 1 saturated carbocycles. The van der Waals surface area contributed by atoms with E-state index in [2.05, 4.69) is 28.7 Å². The molecule has 3 rings (SSSR count). The molecule has 8 nitrogen and oxygen atoms in total. The van der Waals surface area contributed by atoms with E-state index in [0.717, 1.165) is 49.5 Å². The second-order valence-corrected chi connectivity index (χ2v) is 9.62. The van der Waals surface area contributed by atoms with Crippen LogP contribution in [0, 0.1) is 6.92 Å². The van der Waals surface area contributed by atoms with E-state index in [1.165, 1.54) is 32.1 Å². The van der Waals surface area contributed by atoms with Crippen LogP contribution in [0.2, 0.25) is 0 Å². The zero-order chi connectivity index (χ0) is 27.2. The third-order valence-electron chi connectivity index (χ3n) is 6.91. The highest BCUT2D eigenvalue weighted by molar-refractivity contribution is 5.98. The molecule has 208 valence electrons. The van der Waals surface area contributed by atoms with Crippen LogP contribution in [0.5, 0.6) is 11.5 Å². The van der Waals surface area contributed by atoms with Crippen molar-refractivity contribution >= 4 is 11.8 Å². The summed E-state index contributed by atoms with van der Waals surface area (Å²) >= 11 is 0. The smallest absolute Gasteiger partial charge is 0.221 e. The van der Waals surface area contributed by atoms with Crippen molar-refractivity contribution in [3.05, 3.63) is 36.2 Å². The first-order chi connectivity index (χ1) is 17.9. The molecule has 8 heteroatoms. The van der Waals surface area contributed by atoms with Crippen LogP contribution >= 0.6 is 0 Å². The van der Waals surface area contributed by atoms with Crippen molar-refractivity contribution in [1.29, 1.82) is 0 Å². The van der Waals surface area contributed by atoms with E-state index in [4.69, 9.17) is 20.3 Å². The topological polar surface area (TPSA) is 87.7 Å². The summed E-state index contributed by atoms with van der Waals surface area (Å²) in [5, 5.41) is 5.04. The third kappa shape index (κ3) is 10.0. The van der Waals surface area contributed by atoms with E-state index in [1.807, 2.05) is 45.9 Å². The molecular formula is C29H50N6O2. The Morgan fingerprint density at radius 2 is 1.86 bits per heavy atom. The number of hydrogen-bond acceptors (Lipinski definition) is 6. The van der Waals surface area contributed by atoms with Gasteiger partial charge in [-0.25, -0.2) is 5.84 Å². The van der Waals surface area contributed by atoms with Crippen LogP contribution in [0.15, 0.2) is 40.6 Å². The van der Waals surface area contributed by atoms with Gasteiger partial charge >= 0.3 is 0 Å². The monoisotopic (exact) mass is 514 g/mol. The van der Waals surface area contributed by atoms with Crippen LogP contribution in [0.3, 0.4) is 0 Å². The first kappa shape index (κ1) is 30.6. The molecule has 0 bridgehead atoms. The Labute approximate surface area is 225 Å². The number of hydrazine groups is 1. The number of aryl methyl sites for hydroxylation is 1. The lowest BCUT2D eigenvalue weighted by atomic mass is 10.1. The quantitative estimate of drug-likeness (QED) is 0.117. The van der Waals surface area contributed by atoms with Gasteiger partial charge in [-0.05, 0) is 83.0 Å². The number of likely N-dealkylation sites (tertiary alicyclic amines) is 1. The fraction of sp³-hybridized carbons (Fsp3) is 0.655. The maximum atomic E-state index is 6.57. The number of methoxy groups -OCH3 is 1. The zero-order valence-corrected chi connectivity index (χ0v) is 24.1. The lowest BCUT2D eigenvalue weighted by Gasteiger charge is -2.29. The van der Waals surface area contributed by atoms with Crippen LogP contribution in [0.1, 0.15) is 84.6 Å². The molecule has 3 N–H and O–H groups in total. The molecular weight excluding hydrogens is 464 g/mol. The van der Waals surface area contributed by atoms with E-state index in [9.17, 15) is 0 Å². The number of ether oxygens (including phenoxy) is 2. The second-order valence-electron chi connectivity index (χ2n) is 9.62. The standard InChI is InChI=1S/C27H44N6O2.C2H6/c1-6-32-17-11-14-24(32)19-33(28)27(30-21(3)29-23-12-9-7-8-10-13-23)31-22(4)35-25-15-16-26(34-5)20(2)18-25;1-2/h15-16,18,23-24H,4,6-14,17,19,28H2,1-3,5H3,(H,29,30,31);1-2H3. The highest BCUT2D eigenvalue weighted by Gasteiger charge is 2.26. The van der Waals surface area contributed by atoms with Crippen molar-refractivity contribution in [2.75, 3.05) is 26.7 Å². The van der Waals surface area contributed by atoms with Gasteiger partial charge in [0.1, 0.15) is 17.3 Å². The largest absolute Gasteiger partial charge is 0.496 e. The summed E-state index contributed by atoms with van der Waals surface area (Å²) in [7, 11) is 1.66. The fourth-order valence-corrected chi connectivity index (χ4v) is 5.04. The van der Waals surface area contributed by atoms with Gasteiger partial charge in [0.15, 0.2) is 0 Å². The minimum atomic E-state index is 0.258. The molecule has 1 saturated heterocycles. The summed E-state index contributed by atoms with van der Waals surface area (Å²) in [5.41, 5.74) is 0.979. The minimum absolute atomic E-state index is 0.258. The number of benzene rings is 1. The molecule has 0 radical (unpaired) electrons. The lowest BCUT2D eigenvalue weighted by Crippen LogP contribution is -2.52. The second kappa shape index (κ2) is 16.3. The fourth-order valence-electron chi connectivity index (χ4n) is 5.04. The number of likely N-dealkylation sites (N-methyl/N-ethyl adjacent to an activating group) is 1. The summed E-state index contributed by atoms with van der Waals surface area (Å²) in [5.74, 6) is 9.60. The molecule has 1 aromatic rings. The van der Waals surface area contributed by atoms with Crippen LogP contribution in [-0.4, -0.2) is 60.5 Å². The maximum absolute atomic E-state index is 6.57. The normalized spacial score (nSPS) is 19.5. The lowest BCUT2D eigenvalue weighted by molar-refractivity contribution is 0.222. The van der Waals surface area contributed by atoms with E-state index >= 15 is 0 Å². The molecule has 0 aromatic heterocycles. The van der Waals surface area contributed by atoms with Crippen molar-refractivity contribution < 1.29 is 9.47 Å². The van der Waals surface area contributed by atoms with Crippen molar-refractivity contribution in [3.8, 4) is 11.5 Å². The van der Waals surface area contributed by atoms with Crippen molar-refractivity contribution in [2.24, 2.45) is 15.8 Å². The average Bonchev–Trinajstić information content (AvgIpc) is 3.18. The first-order valence-corrected chi connectivity index (χ1v) is 14.1. The number of nitrogens with one attached hydrogen (secondary N) is 1. The Kier molecular flexibility index (Phi) is 13.5. The summed E-state index contributed by atoms with van der Waals surface area (Å²) in [6.07, 6.45) is 9.69. The number of hydrogen-bond donors (Lipinski definition) is 2. The summed E-state index contributed by atoms with van der Waals surface area (Å²) < 4.78 is 11.3. The van der Waals surface area contributed by atoms with Gasteiger partial charge in [0.25, 0.3) is 0 Å². The molecule has 37 heavy (non-hydrogen) atoms. The Morgan fingerprint density at radius 3 is 2.49 bits per heavy atom. The van der Waals surface area contributed by atoms with E-state index in [0.29, 0.717) is 30.3 Å². The van der Waals surface area contributed by atoms with E-state index in [1.54, 1.807) is 12.1 Å². The summed E-state index contributed by atoms with van der Waals surface area (Å²) in [6, 6.07) is 6.37. The Balaban J connectivity index is 0.00000235. The highest BCUT2D eigenvalue weighted by atomic mass is 16.5. The summed E-state index contributed by atoms with van der Waals surface area (Å²) in [4.78, 5) is 12.1. The van der Waals surface area contributed by atoms with Crippen LogP contribution in [0.4, 0.5) is 0 Å². The molecule has 1 unspecified atom stereocenters. The Bertz CT molecular complexity index is 892.